The maximum Gasteiger partial charge on any atom is 0.310 e. The van der Waals surface area contributed by atoms with Gasteiger partial charge >= 0.3 is 5.97 Å². The van der Waals surface area contributed by atoms with Crippen LogP contribution in [-0.4, -0.2) is 52.4 Å². The van der Waals surface area contributed by atoms with Crippen molar-refractivity contribution in [1.82, 2.24) is 4.90 Å². The van der Waals surface area contributed by atoms with Crippen LogP contribution < -0.4 is 4.74 Å². The number of hydrogen-bond donors (Lipinski definition) is 2. The molecule has 0 saturated carbocycles. The van der Waals surface area contributed by atoms with Crippen LogP contribution in [0.15, 0.2) is 36.1 Å². The van der Waals surface area contributed by atoms with E-state index in [4.69, 9.17) is 9.47 Å². The van der Waals surface area contributed by atoms with Crippen LogP contribution in [0.3, 0.4) is 0 Å². The van der Waals surface area contributed by atoms with Gasteiger partial charge in [-0.3, -0.25) is 4.79 Å². The van der Waals surface area contributed by atoms with E-state index in [1.807, 2.05) is 12.1 Å². The predicted octanol–water partition coefficient (Wildman–Crippen LogP) is 7.25. The Kier molecular flexibility index (Phi) is 9.81. The number of carbonyl (C=O) groups excluding carboxylic acids is 1. The van der Waals surface area contributed by atoms with E-state index in [0.29, 0.717) is 37.2 Å². The number of aliphatic hydroxyl groups is 1. The molecule has 2 aliphatic carbocycles. The highest BCUT2D eigenvalue weighted by Crippen LogP contribution is 2.65. The van der Waals surface area contributed by atoms with Crippen LogP contribution in [-0.2, 0) is 21.4 Å². The smallest absolute Gasteiger partial charge is 0.310 e. The summed E-state index contributed by atoms with van der Waals surface area (Å²) in [5.74, 6) is 0.806. The molecule has 2 N–H and O–H groups in total. The number of allylic oxidation sites excluding steroid dienone is 2. The van der Waals surface area contributed by atoms with Crippen molar-refractivity contribution in [2.45, 2.75) is 139 Å². The molecule has 2 bridgehead atoms. The summed E-state index contributed by atoms with van der Waals surface area (Å²) in [5.41, 5.74) is 0.297. The molecule has 6 nitrogen and oxygen atoms in total. The molecule has 1 aromatic carbocycles. The molecule has 2 unspecified atom stereocenters. The Balaban J connectivity index is 1.06. The van der Waals surface area contributed by atoms with Gasteiger partial charge in [-0.1, -0.05) is 76.5 Å². The Hall–Kier alpha value is -2.31. The number of phenols is 1. The molecule has 1 saturated heterocycles. The quantitative estimate of drug-likeness (QED) is 0.125. The van der Waals surface area contributed by atoms with Gasteiger partial charge in [0, 0.05) is 24.4 Å². The molecule has 1 spiro atoms. The van der Waals surface area contributed by atoms with Gasteiger partial charge in [-0.05, 0) is 76.2 Å². The number of rotatable bonds is 16. The zero-order valence-corrected chi connectivity index (χ0v) is 25.3. The number of carbonyl (C=O) groups is 1. The van der Waals surface area contributed by atoms with E-state index < -0.39 is 17.1 Å². The van der Waals surface area contributed by atoms with Crippen LogP contribution >= 0.6 is 0 Å². The Labute approximate surface area is 246 Å². The van der Waals surface area contributed by atoms with Crippen LogP contribution in [0.1, 0.15) is 121 Å². The molecule has 2 heterocycles. The monoisotopic (exact) mass is 565 g/mol. The molecule has 1 aromatic rings. The van der Waals surface area contributed by atoms with Gasteiger partial charge in [0.15, 0.2) is 17.6 Å². The van der Waals surface area contributed by atoms with Gasteiger partial charge in [-0.15, -0.1) is 0 Å². The number of hydrogen-bond acceptors (Lipinski definition) is 6. The van der Waals surface area contributed by atoms with Crippen LogP contribution in [0.25, 0.3) is 0 Å². The molecule has 0 aromatic heterocycles. The van der Waals surface area contributed by atoms with Gasteiger partial charge in [0.25, 0.3) is 0 Å². The van der Waals surface area contributed by atoms with Crippen molar-refractivity contribution in [2.24, 2.45) is 0 Å². The molecular formula is C35H51NO5. The first-order valence-corrected chi connectivity index (χ1v) is 16.4. The molecule has 5 rings (SSSR count). The molecule has 0 radical (unpaired) electrons. The fourth-order valence-electron chi connectivity index (χ4n) is 7.96. The zero-order valence-electron chi connectivity index (χ0n) is 25.3. The lowest BCUT2D eigenvalue weighted by Gasteiger charge is -2.61. The summed E-state index contributed by atoms with van der Waals surface area (Å²) in [4.78, 5) is 15.1. The van der Waals surface area contributed by atoms with E-state index in [-0.39, 0.29) is 17.8 Å². The van der Waals surface area contributed by atoms with Crippen molar-refractivity contribution >= 4 is 5.97 Å². The lowest BCUT2D eigenvalue weighted by Crippen LogP contribution is -2.74. The summed E-state index contributed by atoms with van der Waals surface area (Å²) in [6, 6.07) is 3.60. The zero-order chi connectivity index (χ0) is 28.9. The number of phenolic OH excluding ortho intramolecular Hbond substituents is 1. The summed E-state index contributed by atoms with van der Waals surface area (Å²) in [6.45, 7) is 3.08. The summed E-state index contributed by atoms with van der Waals surface area (Å²) in [7, 11) is 2.07. The average Bonchev–Trinajstić information content (AvgIpc) is 3.32. The van der Waals surface area contributed by atoms with E-state index >= 15 is 0 Å². The second-order valence-corrected chi connectivity index (χ2v) is 12.9. The summed E-state index contributed by atoms with van der Waals surface area (Å²) < 4.78 is 12.3. The van der Waals surface area contributed by atoms with Crippen molar-refractivity contribution in [3.05, 3.63) is 47.2 Å². The van der Waals surface area contributed by atoms with E-state index in [1.54, 1.807) is 6.07 Å². The van der Waals surface area contributed by atoms with Crippen LogP contribution in [0.4, 0.5) is 0 Å². The van der Waals surface area contributed by atoms with Gasteiger partial charge in [0.1, 0.15) is 5.76 Å². The van der Waals surface area contributed by atoms with Crippen LogP contribution in [0.5, 0.6) is 11.5 Å². The first-order valence-electron chi connectivity index (χ1n) is 16.4. The van der Waals surface area contributed by atoms with Gasteiger partial charge < -0.3 is 24.6 Å². The summed E-state index contributed by atoms with van der Waals surface area (Å²) in [6.07, 6.45) is 24.0. The number of likely N-dealkylation sites (tertiary alicyclic amines) is 1. The largest absolute Gasteiger partial charge is 0.504 e. The number of likely N-dealkylation sites (N-methyl/N-ethyl adjacent to an activating group) is 1. The number of benzene rings is 1. The molecule has 6 heteroatoms. The minimum absolute atomic E-state index is 0.0466. The Morgan fingerprint density at radius 3 is 2.46 bits per heavy atom. The Morgan fingerprint density at radius 2 is 1.73 bits per heavy atom. The number of nitrogens with zero attached hydrogens (tertiary/aromatic N) is 1. The molecule has 0 amide bonds. The highest BCUT2D eigenvalue weighted by atomic mass is 16.6. The first-order chi connectivity index (χ1) is 19.9. The van der Waals surface area contributed by atoms with Crippen molar-refractivity contribution in [1.29, 1.82) is 0 Å². The molecule has 4 atom stereocenters. The second kappa shape index (κ2) is 13.3. The first kappa shape index (κ1) is 30.2. The van der Waals surface area contributed by atoms with Crippen molar-refractivity contribution in [3.63, 3.8) is 0 Å². The Morgan fingerprint density at radius 1 is 1.05 bits per heavy atom. The predicted molar refractivity (Wildman–Crippen MR) is 162 cm³/mol. The minimum atomic E-state index is -1.03. The highest BCUT2D eigenvalue weighted by Gasteiger charge is 2.72. The Bertz CT molecular complexity index is 1130. The van der Waals surface area contributed by atoms with E-state index in [0.717, 1.165) is 43.4 Å². The lowest BCUT2D eigenvalue weighted by molar-refractivity contribution is -0.169. The van der Waals surface area contributed by atoms with Crippen LogP contribution in [0, 0.1) is 0 Å². The van der Waals surface area contributed by atoms with Gasteiger partial charge in [-0.2, -0.15) is 0 Å². The number of piperidine rings is 1. The lowest BCUT2D eigenvalue weighted by atomic mass is 9.50. The summed E-state index contributed by atoms with van der Waals surface area (Å²) >= 11 is 0. The minimum Gasteiger partial charge on any atom is -0.504 e. The second-order valence-electron chi connectivity index (χ2n) is 12.9. The fourth-order valence-corrected chi connectivity index (χ4v) is 7.96. The molecule has 4 aliphatic rings. The van der Waals surface area contributed by atoms with Gasteiger partial charge in [0.05, 0.1) is 11.0 Å². The van der Waals surface area contributed by atoms with E-state index in [9.17, 15) is 15.0 Å². The van der Waals surface area contributed by atoms with Gasteiger partial charge in [-0.25, -0.2) is 0 Å². The number of esters is 1. The normalized spacial score (nSPS) is 27.9. The molecule has 41 heavy (non-hydrogen) atoms. The third-order valence-electron chi connectivity index (χ3n) is 10.2. The SMILES string of the molecule is CCCCCCCC/C=C/CCCCCCCC(=O)OC1=CC[C@@]2(O)[C@H]3Cc4ccc(O)c5c4C2(CCN3C)C1O5. The topological polar surface area (TPSA) is 79.2 Å². The number of ether oxygens (including phenoxy) is 2. The van der Waals surface area contributed by atoms with Crippen molar-refractivity contribution < 1.29 is 24.5 Å². The molecule has 1 fully saturated rings. The molecular weight excluding hydrogens is 514 g/mol. The van der Waals surface area contributed by atoms with Crippen molar-refractivity contribution in [3.8, 4) is 11.5 Å². The third kappa shape index (κ3) is 5.84. The maximum absolute atomic E-state index is 12.9. The fraction of sp³-hybridized carbons (Fsp3) is 0.686. The van der Waals surface area contributed by atoms with E-state index in [2.05, 4.69) is 31.0 Å². The standard InChI is InChI=1S/C35H51NO5/c1-3-4-5-6-7-8-9-10-11-12-13-14-15-16-17-18-30(38)40-28-21-22-35(39)29-25-26-19-20-27(37)32-31(26)34(35,33(28)41-32)23-24-36(29)2/h10-11,19-21,29,33,37,39H,3-9,12-18,22-25H2,1-2H3/b11-10+/t29-,33?,34?,35-/m1/s1. The maximum atomic E-state index is 12.9. The summed E-state index contributed by atoms with van der Waals surface area (Å²) in [5, 5.41) is 22.8. The average molecular weight is 566 g/mol. The van der Waals surface area contributed by atoms with Gasteiger partial charge in [0.2, 0.25) is 0 Å². The number of aromatic hydroxyl groups is 1. The van der Waals surface area contributed by atoms with E-state index in [1.165, 1.54) is 57.8 Å². The number of unbranched alkanes of at least 4 members (excludes halogenated alkanes) is 11. The third-order valence-corrected chi connectivity index (χ3v) is 10.2. The van der Waals surface area contributed by atoms with Crippen molar-refractivity contribution in [2.75, 3.05) is 13.6 Å². The highest BCUT2D eigenvalue weighted by molar-refractivity contribution is 5.71. The van der Waals surface area contributed by atoms with Crippen LogP contribution in [0.2, 0.25) is 0 Å². The molecule has 2 aliphatic heterocycles. The molecule has 226 valence electrons.